The first kappa shape index (κ1) is 7.31. The molecule has 0 aromatic carbocycles. The fraction of sp³-hybridized carbons (Fsp3) is 0.167. The van der Waals surface area contributed by atoms with Crippen LogP contribution in [0.2, 0.25) is 5.15 Å². The summed E-state index contributed by atoms with van der Waals surface area (Å²) >= 11 is 5.59. The molecule has 0 fully saturated rings. The molecule has 10 heavy (non-hydrogen) atoms. The van der Waals surface area contributed by atoms with Gasteiger partial charge in [0.05, 0.1) is 6.67 Å². The number of rotatable bonds is 2. The van der Waals surface area contributed by atoms with Gasteiger partial charge in [-0.1, -0.05) is 17.7 Å². The van der Waals surface area contributed by atoms with Gasteiger partial charge in [0.15, 0.2) is 0 Å². The summed E-state index contributed by atoms with van der Waals surface area (Å²) in [5.74, 6) is 0.704. The molecule has 0 atom stereocenters. The second-order valence-electron chi connectivity index (χ2n) is 1.73. The van der Waals surface area contributed by atoms with E-state index in [1.807, 2.05) is 6.07 Å². The van der Waals surface area contributed by atoms with Crippen LogP contribution in [0, 0.1) is 0 Å². The van der Waals surface area contributed by atoms with Gasteiger partial charge in [0.1, 0.15) is 11.0 Å². The van der Waals surface area contributed by atoms with Crippen LogP contribution in [0.4, 0.5) is 5.82 Å². The molecule has 0 saturated heterocycles. The summed E-state index contributed by atoms with van der Waals surface area (Å²) in [5, 5.41) is 3.30. The van der Waals surface area contributed by atoms with E-state index in [0.717, 1.165) is 0 Å². The Bertz CT molecular complexity index is 214. The molecular formula is C6H8ClN3. The maximum Gasteiger partial charge on any atom is 0.131 e. The highest BCUT2D eigenvalue weighted by atomic mass is 35.5. The Morgan fingerprint density at radius 2 is 2.40 bits per heavy atom. The predicted molar refractivity (Wildman–Crippen MR) is 41.9 cm³/mol. The number of hydrogen-bond donors (Lipinski definition) is 2. The lowest BCUT2D eigenvalue weighted by molar-refractivity contribution is 1.11. The summed E-state index contributed by atoms with van der Waals surface area (Å²) in [6.07, 6.45) is 0. The van der Waals surface area contributed by atoms with Crippen LogP contribution < -0.4 is 11.1 Å². The Hall–Kier alpha value is -0.800. The van der Waals surface area contributed by atoms with E-state index in [4.69, 9.17) is 17.3 Å². The average molecular weight is 158 g/mol. The normalized spacial score (nSPS) is 9.40. The van der Waals surface area contributed by atoms with Crippen molar-refractivity contribution in [1.82, 2.24) is 4.98 Å². The molecule has 0 aliphatic carbocycles. The van der Waals surface area contributed by atoms with Gasteiger partial charge < -0.3 is 11.1 Å². The first-order chi connectivity index (χ1) is 4.83. The zero-order valence-electron chi connectivity index (χ0n) is 5.34. The summed E-state index contributed by atoms with van der Waals surface area (Å²) in [6, 6.07) is 5.33. The van der Waals surface area contributed by atoms with Crippen molar-refractivity contribution in [2.24, 2.45) is 5.73 Å². The van der Waals surface area contributed by atoms with E-state index in [1.165, 1.54) is 0 Å². The molecule has 4 heteroatoms. The lowest BCUT2D eigenvalue weighted by Crippen LogP contribution is -2.11. The monoisotopic (exact) mass is 157 g/mol. The number of anilines is 1. The molecule has 0 saturated carbocycles. The Balaban J connectivity index is 2.75. The van der Waals surface area contributed by atoms with E-state index in [9.17, 15) is 0 Å². The number of pyridine rings is 1. The molecule has 3 nitrogen and oxygen atoms in total. The number of aromatic nitrogens is 1. The third-order valence-corrected chi connectivity index (χ3v) is 1.21. The number of nitrogens with one attached hydrogen (secondary N) is 1. The second kappa shape index (κ2) is 3.39. The van der Waals surface area contributed by atoms with Crippen LogP contribution in [-0.2, 0) is 0 Å². The summed E-state index contributed by atoms with van der Waals surface area (Å²) in [4.78, 5) is 3.94. The van der Waals surface area contributed by atoms with Gasteiger partial charge in [0.25, 0.3) is 0 Å². The maximum atomic E-state index is 5.59. The van der Waals surface area contributed by atoms with Crippen molar-refractivity contribution < 1.29 is 0 Å². The third kappa shape index (κ3) is 1.86. The van der Waals surface area contributed by atoms with E-state index in [1.54, 1.807) is 12.1 Å². The molecule has 1 aromatic heterocycles. The highest BCUT2D eigenvalue weighted by Crippen LogP contribution is 2.07. The van der Waals surface area contributed by atoms with E-state index in [2.05, 4.69) is 10.3 Å². The Morgan fingerprint density at radius 3 is 3.00 bits per heavy atom. The van der Waals surface area contributed by atoms with E-state index >= 15 is 0 Å². The largest absolute Gasteiger partial charge is 0.358 e. The molecule has 1 aromatic rings. The van der Waals surface area contributed by atoms with Gasteiger partial charge in [0.2, 0.25) is 0 Å². The van der Waals surface area contributed by atoms with E-state index in [0.29, 0.717) is 17.6 Å². The van der Waals surface area contributed by atoms with Gasteiger partial charge >= 0.3 is 0 Å². The van der Waals surface area contributed by atoms with Crippen LogP contribution in [0.3, 0.4) is 0 Å². The standard InChI is InChI=1S/C6H8ClN3/c7-5-2-1-3-6(10-5)9-4-8/h1-3H,4,8H2,(H,9,10). The van der Waals surface area contributed by atoms with Crippen LogP contribution in [0.1, 0.15) is 0 Å². The molecule has 0 aliphatic rings. The van der Waals surface area contributed by atoms with Crippen molar-refractivity contribution >= 4 is 17.4 Å². The Kier molecular flexibility index (Phi) is 2.48. The molecule has 0 unspecified atom stereocenters. The van der Waals surface area contributed by atoms with E-state index < -0.39 is 0 Å². The minimum absolute atomic E-state index is 0.368. The number of hydrogen-bond acceptors (Lipinski definition) is 3. The first-order valence-electron chi connectivity index (χ1n) is 2.89. The highest BCUT2D eigenvalue weighted by Gasteiger charge is 1.90. The van der Waals surface area contributed by atoms with Gasteiger partial charge in [0, 0.05) is 0 Å². The topological polar surface area (TPSA) is 50.9 Å². The van der Waals surface area contributed by atoms with Crippen LogP contribution >= 0.6 is 11.6 Å². The lowest BCUT2D eigenvalue weighted by Gasteiger charge is -1.99. The molecule has 54 valence electrons. The number of halogens is 1. The third-order valence-electron chi connectivity index (χ3n) is 0.998. The fourth-order valence-corrected chi connectivity index (χ4v) is 0.775. The number of nitrogens with zero attached hydrogens (tertiary/aromatic N) is 1. The maximum absolute atomic E-state index is 5.59. The SMILES string of the molecule is NCNc1cccc(Cl)n1. The van der Waals surface area contributed by atoms with Gasteiger partial charge in [-0.25, -0.2) is 4.98 Å². The molecule has 0 amide bonds. The molecule has 3 N–H and O–H groups in total. The van der Waals surface area contributed by atoms with Crippen molar-refractivity contribution in [3.63, 3.8) is 0 Å². The smallest absolute Gasteiger partial charge is 0.131 e. The Morgan fingerprint density at radius 1 is 1.60 bits per heavy atom. The van der Waals surface area contributed by atoms with E-state index in [-0.39, 0.29) is 0 Å². The molecule has 0 aliphatic heterocycles. The molecule has 0 radical (unpaired) electrons. The summed E-state index contributed by atoms with van der Waals surface area (Å²) in [6.45, 7) is 0.368. The van der Waals surface area contributed by atoms with Crippen LogP contribution in [0.25, 0.3) is 0 Å². The zero-order chi connectivity index (χ0) is 7.40. The summed E-state index contributed by atoms with van der Waals surface area (Å²) in [5.41, 5.74) is 5.22. The summed E-state index contributed by atoms with van der Waals surface area (Å²) < 4.78 is 0. The average Bonchev–Trinajstić information content (AvgIpc) is 1.88. The lowest BCUT2D eigenvalue weighted by atomic mass is 10.5. The molecule has 1 heterocycles. The van der Waals surface area contributed by atoms with Crippen molar-refractivity contribution in [3.05, 3.63) is 23.4 Å². The van der Waals surface area contributed by atoms with Crippen LogP contribution in [0.5, 0.6) is 0 Å². The minimum atomic E-state index is 0.368. The highest BCUT2D eigenvalue weighted by molar-refractivity contribution is 6.29. The van der Waals surface area contributed by atoms with Crippen molar-refractivity contribution in [3.8, 4) is 0 Å². The van der Waals surface area contributed by atoms with Gasteiger partial charge in [-0.15, -0.1) is 0 Å². The van der Waals surface area contributed by atoms with Gasteiger partial charge in [-0.05, 0) is 12.1 Å². The summed E-state index contributed by atoms with van der Waals surface area (Å²) in [7, 11) is 0. The van der Waals surface area contributed by atoms with Crippen molar-refractivity contribution in [1.29, 1.82) is 0 Å². The Labute approximate surface area is 64.2 Å². The first-order valence-corrected chi connectivity index (χ1v) is 3.27. The van der Waals surface area contributed by atoms with Crippen molar-refractivity contribution in [2.75, 3.05) is 12.0 Å². The minimum Gasteiger partial charge on any atom is -0.358 e. The van der Waals surface area contributed by atoms with Gasteiger partial charge in [-0.2, -0.15) is 0 Å². The molecule has 0 spiro atoms. The molecule has 1 rings (SSSR count). The zero-order valence-corrected chi connectivity index (χ0v) is 6.10. The van der Waals surface area contributed by atoms with Crippen molar-refractivity contribution in [2.45, 2.75) is 0 Å². The molecule has 0 bridgehead atoms. The van der Waals surface area contributed by atoms with Crippen LogP contribution in [0.15, 0.2) is 18.2 Å². The number of nitrogens with two attached hydrogens (primary N) is 1. The van der Waals surface area contributed by atoms with Gasteiger partial charge in [-0.3, -0.25) is 0 Å². The predicted octanol–water partition coefficient (Wildman–Crippen LogP) is 1.06. The second-order valence-corrected chi connectivity index (χ2v) is 2.11. The quantitative estimate of drug-likeness (QED) is 0.499. The fourth-order valence-electron chi connectivity index (χ4n) is 0.611. The van der Waals surface area contributed by atoms with Crippen LogP contribution in [-0.4, -0.2) is 11.7 Å². The molecular weight excluding hydrogens is 150 g/mol.